The molecular formula is C10H15NO5. The van der Waals surface area contributed by atoms with Gasteiger partial charge in [-0.2, -0.15) is 0 Å². The van der Waals surface area contributed by atoms with Crippen LogP contribution in [-0.2, 0) is 19.0 Å². The largest absolute Gasteiger partial charge is 0.467 e. The molecule has 0 bridgehead atoms. The second-order valence-corrected chi connectivity index (χ2v) is 3.17. The third-order valence-electron chi connectivity index (χ3n) is 2.16. The maximum atomic E-state index is 11.6. The van der Waals surface area contributed by atoms with Crippen molar-refractivity contribution in [1.82, 2.24) is 4.90 Å². The number of carbonyl (C=O) groups is 2. The molecule has 1 heterocycles. The fourth-order valence-electron chi connectivity index (χ4n) is 1.37. The summed E-state index contributed by atoms with van der Waals surface area (Å²) in [5.74, 6) is -0.504. The Bertz CT molecular complexity index is 278. The molecule has 0 spiro atoms. The summed E-state index contributed by atoms with van der Waals surface area (Å²) < 4.78 is 14.6. The van der Waals surface area contributed by atoms with Crippen molar-refractivity contribution in [2.24, 2.45) is 0 Å². The Labute approximate surface area is 93.8 Å². The molecule has 6 nitrogen and oxygen atoms in total. The van der Waals surface area contributed by atoms with E-state index < -0.39 is 18.1 Å². The number of amides is 1. The first-order valence-electron chi connectivity index (χ1n) is 4.90. The first-order valence-corrected chi connectivity index (χ1v) is 4.90. The Morgan fingerprint density at radius 3 is 3.00 bits per heavy atom. The van der Waals surface area contributed by atoms with Crippen LogP contribution >= 0.6 is 0 Å². The first-order chi connectivity index (χ1) is 7.70. The molecule has 16 heavy (non-hydrogen) atoms. The van der Waals surface area contributed by atoms with Gasteiger partial charge in [-0.05, 0) is 0 Å². The van der Waals surface area contributed by atoms with Gasteiger partial charge < -0.3 is 14.2 Å². The zero-order valence-electron chi connectivity index (χ0n) is 9.18. The summed E-state index contributed by atoms with van der Waals surface area (Å²) in [6.07, 6.45) is 0.907. The van der Waals surface area contributed by atoms with Crippen LogP contribution in [0.15, 0.2) is 12.7 Å². The van der Waals surface area contributed by atoms with Gasteiger partial charge in [-0.3, -0.25) is 4.90 Å². The third-order valence-corrected chi connectivity index (χ3v) is 2.16. The van der Waals surface area contributed by atoms with Gasteiger partial charge in [0, 0.05) is 6.54 Å². The number of hydrogen-bond donors (Lipinski definition) is 0. The number of carbonyl (C=O) groups excluding carboxylic acids is 2. The molecule has 1 amide bonds. The van der Waals surface area contributed by atoms with Gasteiger partial charge in [0.2, 0.25) is 0 Å². The number of rotatable bonds is 3. The highest BCUT2D eigenvalue weighted by molar-refractivity contribution is 5.81. The van der Waals surface area contributed by atoms with E-state index in [1.54, 1.807) is 0 Å². The minimum absolute atomic E-state index is 0.115. The van der Waals surface area contributed by atoms with Gasteiger partial charge in [0.05, 0.1) is 20.3 Å². The summed E-state index contributed by atoms with van der Waals surface area (Å²) in [4.78, 5) is 24.3. The van der Waals surface area contributed by atoms with Crippen molar-refractivity contribution in [3.05, 3.63) is 12.7 Å². The molecule has 0 aromatic carbocycles. The van der Waals surface area contributed by atoms with Crippen LogP contribution in [0.4, 0.5) is 4.79 Å². The van der Waals surface area contributed by atoms with E-state index in [1.165, 1.54) is 18.1 Å². The summed E-state index contributed by atoms with van der Waals surface area (Å²) in [5.41, 5.74) is 0. The lowest BCUT2D eigenvalue weighted by atomic mass is 10.2. The number of nitrogens with zero attached hydrogens (tertiary/aromatic N) is 1. The molecule has 0 saturated carbocycles. The van der Waals surface area contributed by atoms with Gasteiger partial charge in [-0.25, -0.2) is 9.59 Å². The number of ether oxygens (including phenoxy) is 3. The van der Waals surface area contributed by atoms with Gasteiger partial charge in [-0.1, -0.05) is 12.7 Å². The molecule has 0 radical (unpaired) electrons. The molecule has 1 aliphatic heterocycles. The predicted molar refractivity (Wildman–Crippen MR) is 54.9 cm³/mol. The Balaban J connectivity index is 2.62. The highest BCUT2D eigenvalue weighted by atomic mass is 16.6. The van der Waals surface area contributed by atoms with Crippen LogP contribution in [0, 0.1) is 0 Å². The zero-order chi connectivity index (χ0) is 12.0. The molecular weight excluding hydrogens is 214 g/mol. The molecule has 1 rings (SSSR count). The fraction of sp³-hybridized carbons (Fsp3) is 0.600. The average Bonchev–Trinajstić information content (AvgIpc) is 2.35. The molecule has 1 atom stereocenters. The lowest BCUT2D eigenvalue weighted by Gasteiger charge is -2.32. The van der Waals surface area contributed by atoms with Crippen LogP contribution < -0.4 is 0 Å². The van der Waals surface area contributed by atoms with Crippen molar-refractivity contribution in [3.8, 4) is 0 Å². The van der Waals surface area contributed by atoms with Gasteiger partial charge >= 0.3 is 12.1 Å². The molecule has 0 aromatic rings. The molecule has 0 unspecified atom stereocenters. The quantitative estimate of drug-likeness (QED) is 0.510. The molecule has 1 aliphatic rings. The summed E-state index contributed by atoms with van der Waals surface area (Å²) in [6, 6.07) is -0.726. The Kier molecular flexibility index (Phi) is 4.78. The summed E-state index contributed by atoms with van der Waals surface area (Å²) >= 11 is 0. The van der Waals surface area contributed by atoms with Crippen LogP contribution in [0.5, 0.6) is 0 Å². The molecule has 0 aliphatic carbocycles. The minimum Gasteiger partial charge on any atom is -0.467 e. The van der Waals surface area contributed by atoms with Gasteiger partial charge in [0.1, 0.15) is 6.61 Å². The van der Waals surface area contributed by atoms with Crippen molar-refractivity contribution in [2.45, 2.75) is 6.04 Å². The van der Waals surface area contributed by atoms with Crippen LogP contribution in [0.3, 0.4) is 0 Å². The summed E-state index contributed by atoms with van der Waals surface area (Å²) in [5, 5.41) is 0. The highest BCUT2D eigenvalue weighted by Gasteiger charge is 2.34. The van der Waals surface area contributed by atoms with E-state index >= 15 is 0 Å². The molecule has 0 aromatic heterocycles. The molecule has 6 heteroatoms. The topological polar surface area (TPSA) is 65.1 Å². The lowest BCUT2D eigenvalue weighted by molar-refractivity contribution is -0.151. The van der Waals surface area contributed by atoms with Crippen LogP contribution in [-0.4, -0.2) is 56.5 Å². The zero-order valence-corrected chi connectivity index (χ0v) is 9.18. The minimum atomic E-state index is -0.726. The summed E-state index contributed by atoms with van der Waals surface area (Å²) in [7, 11) is 1.27. The Morgan fingerprint density at radius 2 is 2.38 bits per heavy atom. The number of morpholine rings is 1. The maximum Gasteiger partial charge on any atom is 0.410 e. The van der Waals surface area contributed by atoms with E-state index in [1.807, 2.05) is 0 Å². The van der Waals surface area contributed by atoms with Crippen molar-refractivity contribution in [2.75, 3.05) is 33.5 Å². The fourth-order valence-corrected chi connectivity index (χ4v) is 1.37. The van der Waals surface area contributed by atoms with Gasteiger partial charge in [-0.15, -0.1) is 0 Å². The second-order valence-electron chi connectivity index (χ2n) is 3.17. The normalized spacial score (nSPS) is 20.1. The highest BCUT2D eigenvalue weighted by Crippen LogP contribution is 2.10. The maximum absolute atomic E-state index is 11.6. The SMILES string of the molecule is C=CCOC(=O)N1CCOC[C@H]1C(=O)OC. The van der Waals surface area contributed by atoms with E-state index in [-0.39, 0.29) is 13.2 Å². The van der Waals surface area contributed by atoms with Crippen LogP contribution in [0.2, 0.25) is 0 Å². The van der Waals surface area contributed by atoms with E-state index in [2.05, 4.69) is 11.3 Å². The van der Waals surface area contributed by atoms with Crippen molar-refractivity contribution < 1.29 is 23.8 Å². The van der Waals surface area contributed by atoms with Gasteiger partial charge in [0.15, 0.2) is 6.04 Å². The second kappa shape index (κ2) is 6.12. The van der Waals surface area contributed by atoms with E-state index in [9.17, 15) is 9.59 Å². The Morgan fingerprint density at radius 1 is 1.62 bits per heavy atom. The van der Waals surface area contributed by atoms with Gasteiger partial charge in [0.25, 0.3) is 0 Å². The first kappa shape index (κ1) is 12.5. The lowest BCUT2D eigenvalue weighted by Crippen LogP contribution is -2.53. The number of methoxy groups -OCH3 is 1. The average molecular weight is 229 g/mol. The van der Waals surface area contributed by atoms with E-state index in [4.69, 9.17) is 9.47 Å². The van der Waals surface area contributed by atoms with E-state index in [0.29, 0.717) is 13.2 Å². The van der Waals surface area contributed by atoms with Crippen LogP contribution in [0.25, 0.3) is 0 Å². The monoisotopic (exact) mass is 229 g/mol. The Hall–Kier alpha value is -1.56. The number of hydrogen-bond acceptors (Lipinski definition) is 5. The summed E-state index contributed by atoms with van der Waals surface area (Å²) in [6.45, 7) is 4.39. The van der Waals surface area contributed by atoms with Crippen LogP contribution in [0.1, 0.15) is 0 Å². The smallest absolute Gasteiger partial charge is 0.410 e. The van der Waals surface area contributed by atoms with Crippen molar-refractivity contribution >= 4 is 12.1 Å². The molecule has 1 fully saturated rings. The molecule has 90 valence electrons. The molecule has 1 saturated heterocycles. The van der Waals surface area contributed by atoms with Crippen molar-refractivity contribution in [3.63, 3.8) is 0 Å². The number of esters is 1. The third kappa shape index (κ3) is 2.96. The molecule has 0 N–H and O–H groups in total. The standard InChI is InChI=1S/C10H15NO5/c1-3-5-16-10(13)11-4-6-15-7-8(11)9(12)14-2/h3,8H,1,4-7H2,2H3/t8-/m0/s1. The van der Waals surface area contributed by atoms with E-state index in [0.717, 1.165) is 0 Å². The predicted octanol–water partition coefficient (Wildman–Crippen LogP) is 0.183. The van der Waals surface area contributed by atoms with Crippen molar-refractivity contribution in [1.29, 1.82) is 0 Å².